The molecule has 0 aliphatic heterocycles. The average Bonchev–Trinajstić information content (AvgIpc) is 2.73. The van der Waals surface area contributed by atoms with Gasteiger partial charge in [0.1, 0.15) is 0 Å². The monoisotopic (exact) mass is 368 g/mol. The van der Waals surface area contributed by atoms with Crippen molar-refractivity contribution in [3.63, 3.8) is 0 Å². The Morgan fingerprint density at radius 1 is 0.857 bits per heavy atom. The van der Waals surface area contributed by atoms with Gasteiger partial charge in [-0.1, -0.05) is 84.9 Å². The van der Waals surface area contributed by atoms with Gasteiger partial charge in [0.25, 0.3) is 0 Å². The summed E-state index contributed by atoms with van der Waals surface area (Å²) in [5, 5.41) is 4.72. The van der Waals surface area contributed by atoms with Crippen molar-refractivity contribution >= 4 is 27.5 Å². The van der Waals surface area contributed by atoms with E-state index in [-0.39, 0.29) is 5.91 Å². The van der Waals surface area contributed by atoms with Gasteiger partial charge in [0.2, 0.25) is 5.91 Å². The Kier molecular flexibility index (Phi) is 5.09. The zero-order valence-corrected chi connectivity index (χ0v) is 16.0. The molecule has 0 bridgehead atoms. The maximum Gasteiger partial charge on any atom is 0.239 e. The summed E-state index contributed by atoms with van der Waals surface area (Å²) in [6.45, 7) is 0.547. The van der Waals surface area contributed by atoms with Crippen LogP contribution in [0.1, 0.15) is 11.1 Å². The molecule has 4 rings (SSSR count). The molecule has 0 aliphatic rings. The molecule has 140 valence electrons. The minimum Gasteiger partial charge on any atom is -0.340 e. The fourth-order valence-corrected chi connectivity index (χ4v) is 3.75. The SMILES string of the molecule is CN(Cc1cccc2ccccc12)C(=O)[C@@H](N)Cc1ccc2ccccc2c1. The normalized spacial score (nSPS) is 12.2. The van der Waals surface area contributed by atoms with E-state index in [4.69, 9.17) is 5.73 Å². The number of rotatable bonds is 5. The van der Waals surface area contributed by atoms with Crippen molar-refractivity contribution in [2.45, 2.75) is 19.0 Å². The first-order valence-electron chi connectivity index (χ1n) is 9.57. The maximum absolute atomic E-state index is 12.9. The largest absolute Gasteiger partial charge is 0.340 e. The lowest BCUT2D eigenvalue weighted by Crippen LogP contribution is -2.42. The predicted molar refractivity (Wildman–Crippen MR) is 116 cm³/mol. The third kappa shape index (κ3) is 3.75. The molecule has 2 N–H and O–H groups in total. The molecule has 1 amide bonds. The summed E-state index contributed by atoms with van der Waals surface area (Å²) in [4.78, 5) is 14.6. The molecule has 0 aliphatic carbocycles. The van der Waals surface area contributed by atoms with E-state index in [1.165, 1.54) is 21.5 Å². The molecule has 0 unspecified atom stereocenters. The standard InChI is InChI=1S/C25H24N2O/c1-27(17-22-11-6-10-20-8-4-5-12-23(20)22)25(28)24(26)16-18-13-14-19-7-2-3-9-21(19)15-18/h2-15,24H,16-17,26H2,1H3/t24-/m0/s1. The summed E-state index contributed by atoms with van der Waals surface area (Å²) >= 11 is 0. The van der Waals surface area contributed by atoms with Gasteiger partial charge in [-0.3, -0.25) is 4.79 Å². The van der Waals surface area contributed by atoms with Gasteiger partial charge in [-0.05, 0) is 39.1 Å². The lowest BCUT2D eigenvalue weighted by atomic mass is 10.0. The highest BCUT2D eigenvalue weighted by Gasteiger charge is 2.19. The number of fused-ring (bicyclic) bond motifs is 2. The molecule has 0 saturated heterocycles. The lowest BCUT2D eigenvalue weighted by Gasteiger charge is -2.22. The molecule has 0 radical (unpaired) electrons. The molecule has 4 aromatic carbocycles. The van der Waals surface area contributed by atoms with Crippen molar-refractivity contribution in [1.29, 1.82) is 0 Å². The van der Waals surface area contributed by atoms with E-state index in [1.54, 1.807) is 4.90 Å². The van der Waals surface area contributed by atoms with Crippen LogP contribution in [0.3, 0.4) is 0 Å². The van der Waals surface area contributed by atoms with E-state index >= 15 is 0 Å². The molecular weight excluding hydrogens is 344 g/mol. The van der Waals surface area contributed by atoms with Crippen LogP contribution in [-0.2, 0) is 17.8 Å². The second-order valence-corrected chi connectivity index (χ2v) is 7.32. The molecule has 0 heterocycles. The van der Waals surface area contributed by atoms with Crippen LogP contribution in [0.25, 0.3) is 21.5 Å². The third-order valence-electron chi connectivity index (χ3n) is 5.25. The van der Waals surface area contributed by atoms with Crippen LogP contribution >= 0.6 is 0 Å². The van der Waals surface area contributed by atoms with Gasteiger partial charge in [-0.15, -0.1) is 0 Å². The molecule has 4 aromatic rings. The molecule has 1 atom stereocenters. The number of benzene rings is 4. The van der Waals surface area contributed by atoms with Gasteiger partial charge in [-0.25, -0.2) is 0 Å². The number of amides is 1. The number of hydrogen-bond donors (Lipinski definition) is 1. The number of nitrogens with two attached hydrogens (primary N) is 1. The fraction of sp³-hybridized carbons (Fsp3) is 0.160. The molecule has 28 heavy (non-hydrogen) atoms. The summed E-state index contributed by atoms with van der Waals surface area (Å²) in [5.74, 6) is -0.0407. The number of nitrogens with zero attached hydrogens (tertiary/aromatic N) is 1. The topological polar surface area (TPSA) is 46.3 Å². The van der Waals surface area contributed by atoms with E-state index < -0.39 is 6.04 Å². The first-order valence-corrected chi connectivity index (χ1v) is 9.57. The molecule has 0 spiro atoms. The Balaban J connectivity index is 1.48. The van der Waals surface area contributed by atoms with Crippen LogP contribution in [0, 0.1) is 0 Å². The van der Waals surface area contributed by atoms with Crippen molar-refractivity contribution in [3.8, 4) is 0 Å². The first kappa shape index (κ1) is 18.2. The minimum absolute atomic E-state index is 0.0407. The number of likely N-dealkylation sites (N-methyl/N-ethyl adjacent to an activating group) is 1. The van der Waals surface area contributed by atoms with E-state index in [0.717, 1.165) is 11.1 Å². The van der Waals surface area contributed by atoms with Crippen LogP contribution < -0.4 is 5.73 Å². The van der Waals surface area contributed by atoms with E-state index in [2.05, 4.69) is 54.6 Å². The van der Waals surface area contributed by atoms with Crippen molar-refractivity contribution < 1.29 is 4.79 Å². The van der Waals surface area contributed by atoms with Gasteiger partial charge >= 0.3 is 0 Å². The molecule has 3 heteroatoms. The first-order chi connectivity index (χ1) is 13.6. The maximum atomic E-state index is 12.9. The fourth-order valence-electron chi connectivity index (χ4n) is 3.75. The summed E-state index contributed by atoms with van der Waals surface area (Å²) < 4.78 is 0. The lowest BCUT2D eigenvalue weighted by molar-refractivity contribution is -0.131. The average molecular weight is 368 g/mol. The molecular formula is C25H24N2O. The highest BCUT2D eigenvalue weighted by molar-refractivity contribution is 5.87. The molecule has 3 nitrogen and oxygen atoms in total. The van der Waals surface area contributed by atoms with Crippen LogP contribution in [0.4, 0.5) is 0 Å². The van der Waals surface area contributed by atoms with Gasteiger partial charge < -0.3 is 10.6 Å². The van der Waals surface area contributed by atoms with Gasteiger partial charge in [0, 0.05) is 13.6 Å². The summed E-state index contributed by atoms with van der Waals surface area (Å²) in [5.41, 5.74) is 8.48. The van der Waals surface area contributed by atoms with Gasteiger partial charge in [-0.2, -0.15) is 0 Å². The Labute approximate surface area is 165 Å². The van der Waals surface area contributed by atoms with E-state index in [9.17, 15) is 4.79 Å². The van der Waals surface area contributed by atoms with Crippen molar-refractivity contribution in [1.82, 2.24) is 4.90 Å². The Bertz CT molecular complexity index is 1130. The zero-order valence-electron chi connectivity index (χ0n) is 16.0. The molecule has 0 aromatic heterocycles. The minimum atomic E-state index is -0.555. The Morgan fingerprint density at radius 3 is 2.36 bits per heavy atom. The van der Waals surface area contributed by atoms with Crippen molar-refractivity contribution in [2.75, 3.05) is 7.05 Å². The smallest absolute Gasteiger partial charge is 0.239 e. The van der Waals surface area contributed by atoms with Gasteiger partial charge in [0.15, 0.2) is 0 Å². The van der Waals surface area contributed by atoms with Crippen LogP contribution in [0.15, 0.2) is 84.9 Å². The zero-order chi connectivity index (χ0) is 19.5. The highest BCUT2D eigenvalue weighted by atomic mass is 16.2. The summed E-state index contributed by atoms with van der Waals surface area (Å²) in [6, 6.07) is 28.4. The summed E-state index contributed by atoms with van der Waals surface area (Å²) in [7, 11) is 1.82. The van der Waals surface area contributed by atoms with Crippen LogP contribution in [-0.4, -0.2) is 23.9 Å². The molecule has 0 saturated carbocycles. The second-order valence-electron chi connectivity index (χ2n) is 7.32. The van der Waals surface area contributed by atoms with E-state index in [1.807, 2.05) is 37.4 Å². The third-order valence-corrected chi connectivity index (χ3v) is 5.25. The van der Waals surface area contributed by atoms with Gasteiger partial charge in [0.05, 0.1) is 6.04 Å². The van der Waals surface area contributed by atoms with Crippen molar-refractivity contribution in [2.24, 2.45) is 5.73 Å². The summed E-state index contributed by atoms with van der Waals surface area (Å²) in [6.07, 6.45) is 0.531. The highest BCUT2D eigenvalue weighted by Crippen LogP contribution is 2.20. The predicted octanol–water partition coefficient (Wildman–Crippen LogP) is 4.52. The quantitative estimate of drug-likeness (QED) is 0.563. The van der Waals surface area contributed by atoms with E-state index in [0.29, 0.717) is 13.0 Å². The van der Waals surface area contributed by atoms with Crippen LogP contribution in [0.5, 0.6) is 0 Å². The second kappa shape index (κ2) is 7.83. The van der Waals surface area contributed by atoms with Crippen molar-refractivity contribution in [3.05, 3.63) is 96.1 Å². The Morgan fingerprint density at radius 2 is 1.54 bits per heavy atom. The number of carbonyl (C=O) groups excluding carboxylic acids is 1. The number of hydrogen-bond acceptors (Lipinski definition) is 2. The molecule has 0 fully saturated rings. The van der Waals surface area contributed by atoms with Crippen LogP contribution in [0.2, 0.25) is 0 Å². The number of carbonyl (C=O) groups is 1. The Hall–Kier alpha value is -3.17.